The quantitative estimate of drug-likeness (QED) is 0.0249. The predicted molar refractivity (Wildman–Crippen MR) is 547 cm³/mol. The molecule has 0 aliphatic carbocycles. The number of alkyl halides is 7. The molecular formula is C115H139F15N12O5. The number of aromatic amines is 4. The Morgan fingerprint density at radius 3 is 0.912 bits per heavy atom. The Morgan fingerprint density at radius 1 is 0.367 bits per heavy atom. The first-order valence-corrected chi connectivity index (χ1v) is 52.0. The molecular weight excluding hydrogens is 1910 g/mol. The highest BCUT2D eigenvalue weighted by molar-refractivity contribution is 5.88. The lowest BCUT2D eigenvalue weighted by Gasteiger charge is -2.43. The molecule has 20 rings (SSSR count). The van der Waals surface area contributed by atoms with Crippen LogP contribution in [0.5, 0.6) is 23.0 Å². The minimum absolute atomic E-state index is 0.000214. The average molecular weight is 2050 g/mol. The number of nitrogens with zero attached hydrogens (tertiary/aromatic N) is 8. The Bertz CT molecular complexity index is 6270. The van der Waals surface area contributed by atoms with Gasteiger partial charge in [0, 0.05) is 271 Å². The molecule has 10 atom stereocenters. The van der Waals surface area contributed by atoms with Gasteiger partial charge >= 0.3 is 0 Å². The SMILES string of the molecule is CC(F)C1CN(CCOc2cc(F)c([C@@H]3c4[nH]c5ccccc5c4C[C@@H](C)N3CC(C)(C)F)c(F)c2)C1.CCC1CN(CCOc2cc(F)c([C@@H]3c4[nH]c5ccccc5c4C[C@@H](C)N3C[C@@](C)(F)CO)c(F)c2)C1.CCCCN1CC(Oc2cc(F)c([C@@H]3c4[nH]c5ccccc5c4C[C@@H](C)N3CC(C)(C)F)c(F)c2)C1.C[C@@H]1Cc2c([nH]c3ccccc23)[C@@H](c2c(F)cc(OCCN3CC(C(F)F)C3)cc2F)N1CC(C)(C)F. The summed E-state index contributed by atoms with van der Waals surface area (Å²) in [5.74, 6) is -5.19. The van der Waals surface area contributed by atoms with Gasteiger partial charge in [0.05, 0.1) is 30.8 Å². The van der Waals surface area contributed by atoms with Gasteiger partial charge < -0.3 is 44.0 Å². The summed E-state index contributed by atoms with van der Waals surface area (Å²) in [6.45, 7) is 32.1. The summed E-state index contributed by atoms with van der Waals surface area (Å²) in [4.78, 5) is 29.2. The second-order valence-electron chi connectivity index (χ2n) is 44.2. The van der Waals surface area contributed by atoms with Gasteiger partial charge in [-0.3, -0.25) is 39.2 Å². The van der Waals surface area contributed by atoms with E-state index in [1.165, 1.54) is 84.9 Å². The monoisotopic (exact) mass is 2050 g/mol. The van der Waals surface area contributed by atoms with Crippen LogP contribution in [0.25, 0.3) is 43.6 Å². The second-order valence-corrected chi connectivity index (χ2v) is 44.2. The Morgan fingerprint density at radius 2 is 0.639 bits per heavy atom. The number of para-hydroxylation sites is 4. The number of benzene rings is 8. The third-order valence-corrected chi connectivity index (χ3v) is 30.6. The van der Waals surface area contributed by atoms with Crippen molar-refractivity contribution in [1.82, 2.24) is 59.1 Å². The maximum Gasteiger partial charge on any atom is 0.243 e. The Hall–Kier alpha value is -10.3. The lowest BCUT2D eigenvalue weighted by molar-refractivity contribution is -0.0280. The van der Waals surface area contributed by atoms with Gasteiger partial charge in [-0.05, 0) is 174 Å². The maximum atomic E-state index is 15.7. The molecule has 147 heavy (non-hydrogen) atoms. The van der Waals surface area contributed by atoms with Crippen LogP contribution in [0.4, 0.5) is 65.9 Å². The summed E-state index contributed by atoms with van der Waals surface area (Å²) in [6.07, 6.45) is 2.72. The molecule has 32 heteroatoms. The number of aliphatic hydroxyl groups excluding tert-OH is 1. The van der Waals surface area contributed by atoms with E-state index in [-0.39, 0.29) is 134 Å². The van der Waals surface area contributed by atoms with Crippen LogP contribution in [0.15, 0.2) is 146 Å². The van der Waals surface area contributed by atoms with Crippen LogP contribution in [0.2, 0.25) is 0 Å². The van der Waals surface area contributed by atoms with Gasteiger partial charge in [0.1, 0.15) is 124 Å². The number of aliphatic hydroxyl groups is 1. The van der Waals surface area contributed by atoms with E-state index in [2.05, 4.69) is 48.5 Å². The smallest absolute Gasteiger partial charge is 0.243 e. The first-order chi connectivity index (χ1) is 69.9. The number of likely N-dealkylation sites (tertiary alicyclic amines) is 4. The average Bonchev–Trinajstić information content (AvgIpc) is 1.53. The maximum absolute atomic E-state index is 15.7. The van der Waals surface area contributed by atoms with Crippen LogP contribution < -0.4 is 18.9 Å². The highest BCUT2D eigenvalue weighted by Crippen LogP contribution is 2.51. The van der Waals surface area contributed by atoms with Crippen LogP contribution in [-0.2, 0) is 25.7 Å². The fourth-order valence-electron chi connectivity index (χ4n) is 23.0. The topological polar surface area (TPSA) is 146 Å². The third kappa shape index (κ3) is 24.2. The number of hydrogen-bond acceptors (Lipinski definition) is 13. The van der Waals surface area contributed by atoms with Crippen molar-refractivity contribution in [2.45, 2.75) is 232 Å². The molecule has 8 aliphatic rings. The Balaban J connectivity index is 0.000000134. The van der Waals surface area contributed by atoms with Gasteiger partial charge in [-0.1, -0.05) is 99.5 Å². The number of H-pyrrole nitrogens is 4. The molecule has 0 amide bonds. The molecule has 8 aliphatic heterocycles. The summed E-state index contributed by atoms with van der Waals surface area (Å²) in [5, 5.41) is 13.7. The van der Waals surface area contributed by atoms with E-state index >= 15 is 39.5 Å². The van der Waals surface area contributed by atoms with Crippen LogP contribution in [0.3, 0.4) is 0 Å². The largest absolute Gasteiger partial charge is 0.492 e. The fraction of sp³-hybridized carbons (Fsp3) is 0.513. The molecule has 0 spiro atoms. The van der Waals surface area contributed by atoms with Gasteiger partial charge in [0.25, 0.3) is 0 Å². The molecule has 17 nitrogen and oxygen atoms in total. The number of unbranched alkanes of at least 4 members (excludes halogenated alkanes) is 1. The Labute approximate surface area is 851 Å². The van der Waals surface area contributed by atoms with Crippen molar-refractivity contribution in [3.8, 4) is 23.0 Å². The minimum atomic E-state index is -2.34. The van der Waals surface area contributed by atoms with E-state index in [0.717, 1.165) is 142 Å². The van der Waals surface area contributed by atoms with E-state index in [1.807, 2.05) is 144 Å². The zero-order valence-electron chi connectivity index (χ0n) is 86.4. The first kappa shape index (κ1) is 108. The normalized spacial score (nSPS) is 21.9. The zero-order chi connectivity index (χ0) is 105. The summed E-state index contributed by atoms with van der Waals surface area (Å²) in [6, 6.07) is 37.0. The molecule has 794 valence electrons. The third-order valence-electron chi connectivity index (χ3n) is 30.6. The predicted octanol–water partition coefficient (Wildman–Crippen LogP) is 23.9. The van der Waals surface area contributed by atoms with Crippen molar-refractivity contribution in [3.63, 3.8) is 0 Å². The number of fused-ring (bicyclic) bond motifs is 12. The number of ether oxygens (including phenoxy) is 4. The minimum Gasteiger partial charge on any atom is -0.492 e. The first-order valence-electron chi connectivity index (χ1n) is 52.0. The Kier molecular flexibility index (Phi) is 32.8. The van der Waals surface area contributed by atoms with Crippen molar-refractivity contribution in [3.05, 3.63) is 259 Å². The van der Waals surface area contributed by atoms with E-state index < -0.39 is 119 Å². The van der Waals surface area contributed by atoms with E-state index in [1.54, 1.807) is 11.8 Å². The standard InChI is InChI=1S/C29H35F4N3O.C29H36F3N3O2.C29H36F3N3O.C28H32F5N3O/c1-17-11-22-21-7-5-6-8-25(21)34-27(22)28(36(17)16-29(3,4)33)26-23(31)12-20(13-24(26)32)37-10-9-35-14-19(15-35)18(2)30;1-4-19-14-34(15-19)9-10-37-20-12-23(30)26(24(31)13-20)28-27-22(21-7-5-6-8-25(21)33-27)11-18(2)35(28)16-29(3,32)17-36;1-5-6-11-34-15-20(16-34)36-19-13-23(30)26(24(31)14-19)28-27-22(21-9-7-8-10-25(21)33-27)12-18(2)35(28)17-29(3,4)32;1-16-10-20-19-6-4-5-7-23(19)34-25(20)26(36(16)15-28(2,3)33)24-21(29)11-18(12-22(24)30)37-9-8-35-13-17(14-35)27(31)32/h5-8,12-13,17-19,28,34H,9-11,14-16H2,1-4H3;5-8,12-13,18-19,28,33,36H,4,9-11,14-17H2,1-3H3;7-10,13-14,18,20,28,33H,5-6,11-12,15-17H2,1-4H3;4-7,11-12,16-17,26-27,34H,8-10,13-15H2,1-3H3/t17-,18?,28-;18-,28-,29-;18-,28-;16-,26-/m1111/s1. The van der Waals surface area contributed by atoms with E-state index in [4.69, 9.17) is 18.9 Å². The molecule has 4 saturated heterocycles. The van der Waals surface area contributed by atoms with Crippen molar-refractivity contribution in [2.24, 2.45) is 17.8 Å². The number of rotatable bonds is 33. The van der Waals surface area contributed by atoms with Crippen molar-refractivity contribution < 1.29 is 89.9 Å². The van der Waals surface area contributed by atoms with Crippen LogP contribution in [0, 0.1) is 64.3 Å². The number of aromatic nitrogens is 4. The molecule has 0 radical (unpaired) electrons. The van der Waals surface area contributed by atoms with Crippen molar-refractivity contribution >= 4 is 43.6 Å². The number of hydrogen-bond donors (Lipinski definition) is 5. The highest BCUT2D eigenvalue weighted by atomic mass is 19.3. The van der Waals surface area contributed by atoms with Gasteiger partial charge in [0.15, 0.2) is 0 Å². The molecule has 1 unspecified atom stereocenters. The molecule has 8 aromatic carbocycles. The van der Waals surface area contributed by atoms with Gasteiger partial charge in [-0.2, -0.15) is 0 Å². The van der Waals surface area contributed by atoms with E-state index in [9.17, 15) is 31.4 Å². The number of halogens is 15. The van der Waals surface area contributed by atoms with E-state index in [0.29, 0.717) is 82.1 Å². The summed E-state index contributed by atoms with van der Waals surface area (Å²) >= 11 is 0. The molecule has 4 aromatic heterocycles. The van der Waals surface area contributed by atoms with Crippen LogP contribution >= 0.6 is 0 Å². The summed E-state index contributed by atoms with van der Waals surface area (Å²) < 4.78 is 247. The van der Waals surface area contributed by atoms with Crippen LogP contribution in [-0.4, -0.2) is 261 Å². The lowest BCUT2D eigenvalue weighted by Crippen LogP contribution is -2.53. The van der Waals surface area contributed by atoms with Crippen LogP contribution in [0.1, 0.15) is 208 Å². The second kappa shape index (κ2) is 44.7. The van der Waals surface area contributed by atoms with Gasteiger partial charge in [-0.15, -0.1) is 0 Å². The molecule has 12 aromatic rings. The summed E-state index contributed by atoms with van der Waals surface area (Å²) in [5.41, 5.74) is 3.24. The molecule has 0 bridgehead atoms. The molecule has 12 heterocycles. The zero-order valence-corrected chi connectivity index (χ0v) is 86.4. The highest BCUT2D eigenvalue weighted by Gasteiger charge is 2.49. The van der Waals surface area contributed by atoms with Crippen molar-refractivity contribution in [1.29, 1.82) is 0 Å². The molecule has 0 saturated carbocycles. The molecule has 5 N–H and O–H groups in total. The van der Waals surface area contributed by atoms with Gasteiger partial charge in [0.2, 0.25) is 6.43 Å². The fourth-order valence-corrected chi connectivity index (χ4v) is 23.0. The summed E-state index contributed by atoms with van der Waals surface area (Å²) in [7, 11) is 0. The molecule has 4 fully saturated rings. The lowest BCUT2D eigenvalue weighted by atomic mass is 9.87. The number of nitrogens with one attached hydrogen (secondary N) is 4. The van der Waals surface area contributed by atoms with Gasteiger partial charge in [-0.25, -0.2) is 65.9 Å². The van der Waals surface area contributed by atoms with Crippen molar-refractivity contribution in [2.75, 3.05) is 131 Å².